The van der Waals surface area contributed by atoms with Crippen LogP contribution < -0.4 is 5.32 Å². The number of halogens is 1. The number of hydrogen-bond donors (Lipinski definition) is 1. The molecule has 0 fully saturated rings. The molecule has 1 heterocycles. The standard InChI is InChI=1S/C21H21ClN4O2S/c1-3-19(28)23-17-10-8-14(9-11-17)18(27)13-29-21-25-24-20(26(21)4-2)15-6-5-7-16(22)12-15/h5-12H,3-4,13H2,1-2H3,(H,23,28). The van der Waals surface area contributed by atoms with Gasteiger partial charge in [0.15, 0.2) is 16.8 Å². The van der Waals surface area contributed by atoms with E-state index in [-0.39, 0.29) is 17.4 Å². The lowest BCUT2D eigenvalue weighted by Gasteiger charge is -2.08. The van der Waals surface area contributed by atoms with E-state index in [4.69, 9.17) is 11.6 Å². The van der Waals surface area contributed by atoms with Crippen molar-refractivity contribution in [2.45, 2.75) is 32.0 Å². The third-order valence-electron chi connectivity index (χ3n) is 4.26. The first kappa shape index (κ1) is 21.1. The number of amides is 1. The first-order chi connectivity index (χ1) is 14.0. The average Bonchev–Trinajstić information content (AvgIpc) is 3.15. The van der Waals surface area contributed by atoms with Crippen LogP contribution in [0.1, 0.15) is 30.6 Å². The van der Waals surface area contributed by atoms with Crippen molar-refractivity contribution in [2.75, 3.05) is 11.1 Å². The quantitative estimate of drug-likeness (QED) is 0.406. The first-order valence-corrected chi connectivity index (χ1v) is 10.6. The predicted molar refractivity (Wildman–Crippen MR) is 117 cm³/mol. The Morgan fingerprint density at radius 2 is 1.86 bits per heavy atom. The van der Waals surface area contributed by atoms with Gasteiger partial charge in [-0.05, 0) is 43.3 Å². The van der Waals surface area contributed by atoms with E-state index in [0.717, 1.165) is 11.4 Å². The van der Waals surface area contributed by atoms with Gasteiger partial charge in [-0.3, -0.25) is 9.59 Å². The van der Waals surface area contributed by atoms with E-state index in [0.29, 0.717) is 34.4 Å². The fourth-order valence-electron chi connectivity index (χ4n) is 2.72. The van der Waals surface area contributed by atoms with Crippen molar-refractivity contribution in [3.05, 3.63) is 59.1 Å². The molecule has 0 aliphatic heterocycles. The van der Waals surface area contributed by atoms with Crippen LogP contribution in [0.5, 0.6) is 0 Å². The van der Waals surface area contributed by atoms with Crippen LogP contribution in [-0.4, -0.2) is 32.2 Å². The maximum atomic E-state index is 12.5. The van der Waals surface area contributed by atoms with Crippen molar-refractivity contribution in [2.24, 2.45) is 0 Å². The number of carbonyl (C=O) groups is 2. The maximum Gasteiger partial charge on any atom is 0.224 e. The molecule has 0 atom stereocenters. The third kappa shape index (κ3) is 5.25. The number of hydrogen-bond acceptors (Lipinski definition) is 5. The molecule has 0 bridgehead atoms. The van der Waals surface area contributed by atoms with E-state index in [1.807, 2.05) is 35.8 Å². The smallest absolute Gasteiger partial charge is 0.224 e. The molecule has 29 heavy (non-hydrogen) atoms. The van der Waals surface area contributed by atoms with Gasteiger partial charge in [0.05, 0.1) is 5.75 Å². The lowest BCUT2D eigenvalue weighted by molar-refractivity contribution is -0.115. The first-order valence-electron chi connectivity index (χ1n) is 9.26. The zero-order valence-corrected chi connectivity index (χ0v) is 17.8. The minimum Gasteiger partial charge on any atom is -0.326 e. The van der Waals surface area contributed by atoms with Crippen molar-refractivity contribution >= 4 is 40.7 Å². The van der Waals surface area contributed by atoms with Crippen LogP contribution in [-0.2, 0) is 11.3 Å². The summed E-state index contributed by atoms with van der Waals surface area (Å²) in [5.74, 6) is 0.891. The Bertz CT molecular complexity index is 1020. The van der Waals surface area contributed by atoms with E-state index in [1.165, 1.54) is 11.8 Å². The summed E-state index contributed by atoms with van der Waals surface area (Å²) in [6, 6.07) is 14.4. The van der Waals surface area contributed by atoms with Crippen LogP contribution in [0.25, 0.3) is 11.4 Å². The minimum atomic E-state index is -0.0611. The largest absolute Gasteiger partial charge is 0.326 e. The molecule has 0 radical (unpaired) electrons. The number of rotatable bonds is 8. The fraction of sp³-hybridized carbons (Fsp3) is 0.238. The van der Waals surface area contributed by atoms with Crippen molar-refractivity contribution in [1.82, 2.24) is 14.8 Å². The number of nitrogens with one attached hydrogen (secondary N) is 1. The van der Waals surface area contributed by atoms with Crippen molar-refractivity contribution in [3.63, 3.8) is 0 Å². The van der Waals surface area contributed by atoms with Gasteiger partial charge in [-0.25, -0.2) is 0 Å². The summed E-state index contributed by atoms with van der Waals surface area (Å²) in [5, 5.41) is 12.6. The second-order valence-corrected chi connectivity index (χ2v) is 7.63. The van der Waals surface area contributed by atoms with Gasteiger partial charge < -0.3 is 9.88 Å². The summed E-state index contributed by atoms with van der Waals surface area (Å²) in [6.45, 7) is 4.47. The van der Waals surface area contributed by atoms with Crippen LogP contribution >= 0.6 is 23.4 Å². The summed E-state index contributed by atoms with van der Waals surface area (Å²) in [7, 11) is 0. The Morgan fingerprint density at radius 1 is 1.10 bits per heavy atom. The molecular formula is C21H21ClN4O2S. The number of carbonyl (C=O) groups excluding carboxylic acids is 2. The Hall–Kier alpha value is -2.64. The number of nitrogens with zero attached hydrogens (tertiary/aromatic N) is 3. The Kier molecular flexibility index (Phi) is 7.06. The molecule has 6 nitrogen and oxygen atoms in total. The van der Waals surface area contributed by atoms with E-state index < -0.39 is 0 Å². The molecule has 1 aromatic heterocycles. The van der Waals surface area contributed by atoms with Gasteiger partial charge in [-0.2, -0.15) is 0 Å². The molecule has 0 unspecified atom stereocenters. The molecule has 0 saturated heterocycles. The average molecular weight is 429 g/mol. The maximum absolute atomic E-state index is 12.5. The highest BCUT2D eigenvalue weighted by molar-refractivity contribution is 7.99. The minimum absolute atomic E-state index is 0.0154. The van der Waals surface area contributed by atoms with Crippen molar-refractivity contribution in [1.29, 1.82) is 0 Å². The highest BCUT2D eigenvalue weighted by Crippen LogP contribution is 2.26. The summed E-state index contributed by atoms with van der Waals surface area (Å²) in [6.07, 6.45) is 0.409. The highest BCUT2D eigenvalue weighted by Gasteiger charge is 2.15. The molecule has 2 aromatic carbocycles. The summed E-state index contributed by atoms with van der Waals surface area (Å²) in [4.78, 5) is 24.0. The van der Waals surface area contributed by atoms with Crippen LogP contribution in [0, 0.1) is 0 Å². The van der Waals surface area contributed by atoms with Gasteiger partial charge >= 0.3 is 0 Å². The lowest BCUT2D eigenvalue weighted by Crippen LogP contribution is -2.10. The van der Waals surface area contributed by atoms with E-state index in [2.05, 4.69) is 15.5 Å². The molecule has 0 spiro atoms. The molecule has 0 saturated carbocycles. The van der Waals surface area contributed by atoms with Crippen LogP contribution in [0.3, 0.4) is 0 Å². The summed E-state index contributed by atoms with van der Waals surface area (Å²) >= 11 is 7.43. The van der Waals surface area contributed by atoms with Gasteiger partial charge in [-0.1, -0.05) is 42.4 Å². The van der Waals surface area contributed by atoms with Gasteiger partial charge in [0, 0.05) is 34.8 Å². The number of ketones is 1. The molecule has 3 aromatic rings. The number of anilines is 1. The van der Waals surface area contributed by atoms with E-state index in [1.54, 1.807) is 31.2 Å². The topological polar surface area (TPSA) is 76.9 Å². The molecule has 3 rings (SSSR count). The second kappa shape index (κ2) is 9.71. The van der Waals surface area contributed by atoms with Crippen LogP contribution in [0.4, 0.5) is 5.69 Å². The third-order valence-corrected chi connectivity index (χ3v) is 5.46. The lowest BCUT2D eigenvalue weighted by atomic mass is 10.1. The van der Waals surface area contributed by atoms with Gasteiger partial charge in [-0.15, -0.1) is 10.2 Å². The summed E-state index contributed by atoms with van der Waals surface area (Å²) in [5.41, 5.74) is 2.15. The Balaban J connectivity index is 1.68. The van der Waals surface area contributed by atoms with Gasteiger partial charge in [0.2, 0.25) is 5.91 Å². The fourth-order valence-corrected chi connectivity index (χ4v) is 3.81. The number of benzene rings is 2. The van der Waals surface area contributed by atoms with E-state index in [9.17, 15) is 9.59 Å². The van der Waals surface area contributed by atoms with Crippen molar-refractivity contribution in [3.8, 4) is 11.4 Å². The molecule has 0 aliphatic carbocycles. The highest BCUT2D eigenvalue weighted by atomic mass is 35.5. The zero-order valence-electron chi connectivity index (χ0n) is 16.2. The zero-order chi connectivity index (χ0) is 20.8. The van der Waals surface area contributed by atoms with Crippen LogP contribution in [0.2, 0.25) is 5.02 Å². The molecule has 1 amide bonds. The normalized spacial score (nSPS) is 10.7. The molecule has 150 valence electrons. The number of thioether (sulfide) groups is 1. The summed E-state index contributed by atoms with van der Waals surface area (Å²) < 4.78 is 1.97. The molecule has 8 heteroatoms. The van der Waals surface area contributed by atoms with Gasteiger partial charge in [0.1, 0.15) is 0 Å². The number of Topliss-reactive ketones (excluding diaryl/α,β-unsaturated/α-hetero) is 1. The Morgan fingerprint density at radius 3 is 2.52 bits per heavy atom. The SMILES string of the molecule is CCC(=O)Nc1ccc(C(=O)CSc2nnc(-c3cccc(Cl)c3)n2CC)cc1. The van der Waals surface area contributed by atoms with Gasteiger partial charge in [0.25, 0.3) is 0 Å². The molecule has 0 aliphatic rings. The molecular weight excluding hydrogens is 408 g/mol. The molecule has 1 N–H and O–H groups in total. The predicted octanol–water partition coefficient (Wildman–Crippen LogP) is 4.94. The monoisotopic (exact) mass is 428 g/mol. The van der Waals surface area contributed by atoms with Crippen molar-refractivity contribution < 1.29 is 9.59 Å². The van der Waals surface area contributed by atoms with Crippen LogP contribution in [0.15, 0.2) is 53.7 Å². The second-order valence-electron chi connectivity index (χ2n) is 6.25. The van der Waals surface area contributed by atoms with E-state index >= 15 is 0 Å². The number of aromatic nitrogens is 3. The Labute approximate surface area is 178 Å².